The van der Waals surface area contributed by atoms with E-state index in [1.54, 1.807) is 18.2 Å². The molecule has 0 saturated carbocycles. The van der Waals surface area contributed by atoms with E-state index in [9.17, 15) is 24.5 Å². The summed E-state index contributed by atoms with van der Waals surface area (Å²) in [5.74, 6) is -2.21. The second kappa shape index (κ2) is 8.01. The second-order valence-corrected chi connectivity index (χ2v) is 9.53. The molecule has 188 valence electrons. The number of rotatable bonds is 4. The van der Waals surface area contributed by atoms with E-state index in [-0.39, 0.29) is 18.0 Å². The average molecular weight is 509 g/mol. The summed E-state index contributed by atoms with van der Waals surface area (Å²) in [5.41, 5.74) is 1.81. The Hall–Kier alpha value is -4.99. The Labute approximate surface area is 215 Å². The summed E-state index contributed by atoms with van der Waals surface area (Å²) in [6.45, 7) is 0.0486. The molecule has 2 amide bonds. The number of ketones is 1. The van der Waals surface area contributed by atoms with E-state index in [1.807, 2.05) is 41.3 Å². The molecule has 38 heavy (non-hydrogen) atoms. The third-order valence-corrected chi connectivity index (χ3v) is 7.64. The number of carbonyl (C=O) groups excluding carboxylic acids is 3. The summed E-state index contributed by atoms with van der Waals surface area (Å²) in [4.78, 5) is 55.7. The van der Waals surface area contributed by atoms with Crippen LogP contribution in [0.25, 0.3) is 6.08 Å². The van der Waals surface area contributed by atoms with Gasteiger partial charge in [-0.1, -0.05) is 42.5 Å². The maximum atomic E-state index is 14.1. The minimum Gasteiger partial charge on any atom is -0.454 e. The van der Waals surface area contributed by atoms with Crippen LogP contribution < -0.4 is 19.3 Å². The third kappa shape index (κ3) is 3.03. The van der Waals surface area contributed by atoms with E-state index in [0.717, 1.165) is 16.2 Å². The van der Waals surface area contributed by atoms with Crippen molar-refractivity contribution in [3.63, 3.8) is 0 Å². The Morgan fingerprint density at radius 3 is 2.55 bits per heavy atom. The average Bonchev–Trinajstić information content (AvgIpc) is 3.61. The van der Waals surface area contributed by atoms with Gasteiger partial charge in [-0.05, 0) is 23.8 Å². The molecule has 7 rings (SSSR count). The molecular formula is C28H19N3O7. The van der Waals surface area contributed by atoms with E-state index in [0.29, 0.717) is 17.2 Å². The van der Waals surface area contributed by atoms with Crippen molar-refractivity contribution in [2.24, 2.45) is 11.8 Å². The summed E-state index contributed by atoms with van der Waals surface area (Å²) in [7, 11) is 0. The largest absolute Gasteiger partial charge is 0.454 e. The first kappa shape index (κ1) is 22.2. The molecule has 4 atom stereocenters. The van der Waals surface area contributed by atoms with Gasteiger partial charge in [0.25, 0.3) is 5.69 Å². The Morgan fingerprint density at radius 1 is 0.921 bits per heavy atom. The first-order valence-corrected chi connectivity index (χ1v) is 12.1. The van der Waals surface area contributed by atoms with Crippen LogP contribution in [0.15, 0.2) is 72.8 Å². The van der Waals surface area contributed by atoms with Crippen LogP contribution in [0.5, 0.6) is 11.5 Å². The number of hydrogen-bond acceptors (Lipinski definition) is 8. The van der Waals surface area contributed by atoms with Crippen LogP contribution in [0.2, 0.25) is 0 Å². The van der Waals surface area contributed by atoms with Gasteiger partial charge in [0.15, 0.2) is 17.3 Å². The van der Waals surface area contributed by atoms with E-state index in [2.05, 4.69) is 0 Å². The fourth-order valence-electron chi connectivity index (χ4n) is 6.04. The quantitative estimate of drug-likeness (QED) is 0.227. The lowest BCUT2D eigenvalue weighted by Gasteiger charge is -2.36. The van der Waals surface area contributed by atoms with Gasteiger partial charge in [-0.3, -0.25) is 24.5 Å². The Morgan fingerprint density at radius 2 is 1.71 bits per heavy atom. The van der Waals surface area contributed by atoms with Gasteiger partial charge in [0.05, 0.1) is 28.5 Å². The SMILES string of the molecule is O=C(c1cccc([N+](=O)[O-])c1)[C@@H]1[C@@H]2C(=O)N(c3ccc4c(c3)OCO4)C(=O)[C@H]2[C@H]2C=Cc3ccccc3N21. The number of nitro benzene ring substituents is 1. The number of nitrogens with zero attached hydrogens (tertiary/aromatic N) is 3. The molecule has 4 heterocycles. The number of carbonyl (C=O) groups is 3. The van der Waals surface area contributed by atoms with Crippen molar-refractivity contribution in [1.82, 2.24) is 0 Å². The number of Topliss-reactive ketones (excluding diaryl/α,β-unsaturated/α-hetero) is 1. The number of amides is 2. The van der Waals surface area contributed by atoms with Gasteiger partial charge < -0.3 is 14.4 Å². The summed E-state index contributed by atoms with van der Waals surface area (Å²) in [5, 5.41) is 11.4. The molecule has 0 aromatic heterocycles. The number of anilines is 2. The molecule has 2 saturated heterocycles. The van der Waals surface area contributed by atoms with E-state index in [4.69, 9.17) is 9.47 Å². The number of nitro groups is 1. The van der Waals surface area contributed by atoms with Crippen molar-refractivity contribution in [3.8, 4) is 11.5 Å². The van der Waals surface area contributed by atoms with Gasteiger partial charge >= 0.3 is 0 Å². The van der Waals surface area contributed by atoms with Crippen molar-refractivity contribution in [2.45, 2.75) is 12.1 Å². The highest BCUT2D eigenvalue weighted by molar-refractivity contribution is 6.25. The molecular weight excluding hydrogens is 490 g/mol. The Balaban J connectivity index is 1.35. The maximum Gasteiger partial charge on any atom is 0.270 e. The standard InChI is InChI=1S/C28H19N3O7/c32-26(16-5-3-6-18(12-16)31(35)36)25-24-23(20-10-8-15-4-1-2-7-19(15)30(20)25)27(33)29(28(24)34)17-9-11-21-22(13-17)38-14-37-21/h1-13,20,23-25H,14H2/t20-,23+,24-,25+/m1/s1. The molecule has 0 N–H and O–H groups in total. The van der Waals surface area contributed by atoms with Gasteiger partial charge in [0.1, 0.15) is 6.04 Å². The lowest BCUT2D eigenvalue weighted by atomic mass is 9.86. The van der Waals surface area contributed by atoms with Gasteiger partial charge in [0, 0.05) is 29.4 Å². The molecule has 0 bridgehead atoms. The fraction of sp³-hybridized carbons (Fsp3) is 0.179. The van der Waals surface area contributed by atoms with Gasteiger partial charge in [0.2, 0.25) is 18.6 Å². The fourth-order valence-corrected chi connectivity index (χ4v) is 6.04. The number of hydrogen-bond donors (Lipinski definition) is 0. The molecule has 3 aromatic rings. The smallest absolute Gasteiger partial charge is 0.270 e. The lowest BCUT2D eigenvalue weighted by molar-refractivity contribution is -0.384. The van der Waals surface area contributed by atoms with Gasteiger partial charge in [-0.25, -0.2) is 4.90 Å². The minimum absolute atomic E-state index is 0.0486. The first-order chi connectivity index (χ1) is 18.4. The van der Waals surface area contributed by atoms with Crippen LogP contribution in [-0.4, -0.2) is 41.4 Å². The molecule has 0 spiro atoms. The minimum atomic E-state index is -1.03. The number of imide groups is 1. The van der Waals surface area contributed by atoms with Gasteiger partial charge in [-0.2, -0.15) is 0 Å². The van der Waals surface area contributed by atoms with E-state index < -0.39 is 46.4 Å². The number of fused-ring (bicyclic) bond motifs is 6. The third-order valence-electron chi connectivity index (χ3n) is 7.64. The highest BCUT2D eigenvalue weighted by atomic mass is 16.7. The number of benzene rings is 3. The van der Waals surface area contributed by atoms with Crippen molar-refractivity contribution in [3.05, 3.63) is 94.0 Å². The van der Waals surface area contributed by atoms with Crippen LogP contribution in [0.4, 0.5) is 17.1 Å². The molecule has 3 aromatic carbocycles. The number of ether oxygens (including phenoxy) is 2. The zero-order chi connectivity index (χ0) is 26.1. The lowest BCUT2D eigenvalue weighted by Crippen LogP contribution is -2.48. The monoisotopic (exact) mass is 509 g/mol. The topological polar surface area (TPSA) is 119 Å². The maximum absolute atomic E-state index is 14.1. The Bertz CT molecular complexity index is 1600. The molecule has 2 fully saturated rings. The van der Waals surface area contributed by atoms with Crippen molar-refractivity contribution < 1.29 is 28.8 Å². The zero-order valence-electron chi connectivity index (χ0n) is 19.7. The summed E-state index contributed by atoms with van der Waals surface area (Å²) in [6, 6.07) is 16.2. The van der Waals surface area contributed by atoms with Gasteiger partial charge in [-0.15, -0.1) is 0 Å². The summed E-state index contributed by atoms with van der Waals surface area (Å²) in [6.07, 6.45) is 3.75. The second-order valence-electron chi connectivity index (χ2n) is 9.53. The van der Waals surface area contributed by atoms with E-state index in [1.165, 1.54) is 24.3 Å². The molecule has 10 heteroatoms. The van der Waals surface area contributed by atoms with Crippen LogP contribution >= 0.6 is 0 Å². The molecule has 0 radical (unpaired) electrons. The Kier molecular flexibility index (Phi) is 4.68. The van der Waals surface area contributed by atoms with E-state index >= 15 is 0 Å². The van der Waals surface area contributed by atoms with Crippen molar-refractivity contribution in [2.75, 3.05) is 16.6 Å². The first-order valence-electron chi connectivity index (χ1n) is 12.1. The predicted molar refractivity (Wildman–Crippen MR) is 135 cm³/mol. The molecule has 10 nitrogen and oxygen atoms in total. The van der Waals surface area contributed by atoms with Crippen molar-refractivity contribution >= 4 is 40.7 Å². The van der Waals surface area contributed by atoms with Crippen LogP contribution in [0.1, 0.15) is 15.9 Å². The molecule has 4 aliphatic heterocycles. The van der Waals surface area contributed by atoms with Crippen LogP contribution in [0, 0.1) is 22.0 Å². The summed E-state index contributed by atoms with van der Waals surface area (Å²) >= 11 is 0. The predicted octanol–water partition coefficient (Wildman–Crippen LogP) is 3.60. The normalized spacial score (nSPS) is 24.3. The highest BCUT2D eigenvalue weighted by Crippen LogP contribution is 2.50. The van der Waals surface area contributed by atoms with Crippen LogP contribution in [-0.2, 0) is 9.59 Å². The molecule has 4 aliphatic rings. The highest BCUT2D eigenvalue weighted by Gasteiger charge is 2.64. The molecule has 0 unspecified atom stereocenters. The number of non-ortho nitro benzene ring substituents is 1. The molecule has 0 aliphatic carbocycles. The number of para-hydroxylation sites is 1. The van der Waals surface area contributed by atoms with Crippen molar-refractivity contribution in [1.29, 1.82) is 0 Å². The summed E-state index contributed by atoms with van der Waals surface area (Å²) < 4.78 is 10.8. The van der Waals surface area contributed by atoms with Crippen LogP contribution in [0.3, 0.4) is 0 Å². The zero-order valence-corrected chi connectivity index (χ0v) is 19.7.